The normalized spacial score (nSPS) is 19.4. The van der Waals surface area contributed by atoms with E-state index in [1.807, 2.05) is 0 Å². The quantitative estimate of drug-likeness (QED) is 0.676. The maximum absolute atomic E-state index is 6.04. The number of rotatable bonds is 8. The van der Waals surface area contributed by atoms with Crippen LogP contribution in [0.15, 0.2) is 18.2 Å². The number of likely N-dealkylation sites (tertiary alicyclic amines) is 1. The topological polar surface area (TPSA) is 24.9 Å². The molecule has 0 bridgehead atoms. The first-order valence-corrected chi connectivity index (χ1v) is 10.0. The van der Waals surface area contributed by atoms with Gasteiger partial charge in [-0.15, -0.1) is 0 Å². The molecule has 1 aromatic rings. The van der Waals surface area contributed by atoms with Gasteiger partial charge in [-0.2, -0.15) is 0 Å². The van der Waals surface area contributed by atoms with Gasteiger partial charge in [0.25, 0.3) is 0 Å². The molecule has 0 unspecified atom stereocenters. The summed E-state index contributed by atoms with van der Waals surface area (Å²) in [5.74, 6) is 1.04. The molecule has 4 nitrogen and oxygen atoms in total. The van der Waals surface area contributed by atoms with E-state index in [-0.39, 0.29) is 0 Å². The van der Waals surface area contributed by atoms with Crippen LogP contribution in [0.4, 0.5) is 0 Å². The second-order valence-electron chi connectivity index (χ2n) is 7.37. The maximum atomic E-state index is 6.04. The maximum Gasteiger partial charge on any atom is 0.119 e. The van der Waals surface area contributed by atoms with Crippen molar-refractivity contribution < 1.29 is 9.47 Å². The van der Waals surface area contributed by atoms with Crippen LogP contribution in [-0.2, 0) is 17.6 Å². The molecule has 0 aromatic heterocycles. The molecule has 0 amide bonds. The number of piperidine rings is 1. The number of hydrogen-bond acceptors (Lipinski definition) is 4. The summed E-state index contributed by atoms with van der Waals surface area (Å²) in [6.45, 7) is 8.67. The van der Waals surface area contributed by atoms with Gasteiger partial charge >= 0.3 is 0 Å². The second-order valence-corrected chi connectivity index (χ2v) is 7.37. The minimum atomic E-state index is 0.821. The lowest BCUT2D eigenvalue weighted by Crippen LogP contribution is -2.31. The second kappa shape index (κ2) is 10.1. The van der Waals surface area contributed by atoms with Gasteiger partial charge in [0.15, 0.2) is 0 Å². The molecule has 1 fully saturated rings. The van der Waals surface area contributed by atoms with Crippen LogP contribution in [0.1, 0.15) is 36.8 Å². The Morgan fingerprint density at radius 3 is 2.40 bits per heavy atom. The van der Waals surface area contributed by atoms with E-state index < -0.39 is 0 Å². The number of nitrogens with zero attached hydrogens (tertiary/aromatic N) is 2. The molecule has 0 spiro atoms. The third-order valence-corrected chi connectivity index (χ3v) is 5.52. The van der Waals surface area contributed by atoms with Gasteiger partial charge in [-0.1, -0.05) is 12.5 Å². The van der Waals surface area contributed by atoms with Gasteiger partial charge in [0.2, 0.25) is 0 Å². The molecule has 4 heteroatoms. The van der Waals surface area contributed by atoms with Crippen LogP contribution in [-0.4, -0.2) is 69.4 Å². The fourth-order valence-electron chi connectivity index (χ4n) is 3.94. The Balaban J connectivity index is 1.43. The molecule has 0 saturated carbocycles. The predicted molar refractivity (Wildman–Crippen MR) is 103 cm³/mol. The smallest absolute Gasteiger partial charge is 0.119 e. The lowest BCUT2D eigenvalue weighted by molar-refractivity contribution is 0.150. The zero-order chi connectivity index (χ0) is 17.3. The first-order valence-electron chi connectivity index (χ1n) is 10.0. The van der Waals surface area contributed by atoms with Crippen LogP contribution in [0.5, 0.6) is 5.75 Å². The van der Waals surface area contributed by atoms with Crippen molar-refractivity contribution >= 4 is 0 Å². The first kappa shape index (κ1) is 18.7. The monoisotopic (exact) mass is 346 g/mol. The highest BCUT2D eigenvalue weighted by Crippen LogP contribution is 2.22. The molecule has 0 atom stereocenters. The summed E-state index contributed by atoms with van der Waals surface area (Å²) in [6.07, 6.45) is 7.52. The lowest BCUT2D eigenvalue weighted by atomic mass is 10.0. The van der Waals surface area contributed by atoms with Crippen LogP contribution in [0.3, 0.4) is 0 Å². The fourth-order valence-corrected chi connectivity index (χ4v) is 3.94. The number of ether oxygens (including phenoxy) is 2. The molecule has 2 aliphatic heterocycles. The van der Waals surface area contributed by atoms with Gasteiger partial charge in [-0.3, -0.25) is 0 Å². The molecule has 0 radical (unpaired) electrons. The molecule has 1 saturated heterocycles. The van der Waals surface area contributed by atoms with Crippen LogP contribution < -0.4 is 4.74 Å². The van der Waals surface area contributed by atoms with E-state index in [0.717, 1.165) is 57.9 Å². The van der Waals surface area contributed by atoms with E-state index in [9.17, 15) is 0 Å². The van der Waals surface area contributed by atoms with E-state index in [1.54, 1.807) is 7.11 Å². The van der Waals surface area contributed by atoms with Gasteiger partial charge in [0.05, 0.1) is 13.2 Å². The van der Waals surface area contributed by atoms with Gasteiger partial charge in [-0.25, -0.2) is 0 Å². The average molecular weight is 347 g/mol. The Morgan fingerprint density at radius 1 is 0.840 bits per heavy atom. The minimum absolute atomic E-state index is 0.821. The summed E-state index contributed by atoms with van der Waals surface area (Å²) >= 11 is 0. The highest BCUT2D eigenvalue weighted by molar-refractivity contribution is 5.36. The van der Waals surface area contributed by atoms with Crippen molar-refractivity contribution in [3.05, 3.63) is 29.3 Å². The molecule has 140 valence electrons. The molecular formula is C21H34N2O2. The van der Waals surface area contributed by atoms with E-state index >= 15 is 0 Å². The van der Waals surface area contributed by atoms with E-state index in [0.29, 0.717) is 0 Å². The molecule has 1 aromatic carbocycles. The standard InChI is InChI=1S/C21H34N2O2/c1-24-17-15-23-13-8-19-6-7-21(18-20(19)9-14-23)25-16-5-12-22-10-3-2-4-11-22/h6-7,18H,2-5,8-17H2,1H3. The van der Waals surface area contributed by atoms with E-state index in [1.165, 1.54) is 50.0 Å². The van der Waals surface area contributed by atoms with Gasteiger partial charge in [0.1, 0.15) is 5.75 Å². The van der Waals surface area contributed by atoms with Gasteiger partial charge in [-0.05, 0) is 68.5 Å². The number of hydrogen-bond donors (Lipinski definition) is 0. The molecular weight excluding hydrogens is 312 g/mol. The highest BCUT2D eigenvalue weighted by Gasteiger charge is 2.14. The molecule has 2 heterocycles. The zero-order valence-electron chi connectivity index (χ0n) is 15.8. The molecule has 25 heavy (non-hydrogen) atoms. The molecule has 2 aliphatic rings. The SMILES string of the molecule is COCCN1CCc2ccc(OCCCN3CCCCC3)cc2CC1. The Morgan fingerprint density at radius 2 is 1.60 bits per heavy atom. The van der Waals surface area contributed by atoms with Crippen LogP contribution in [0.25, 0.3) is 0 Å². The van der Waals surface area contributed by atoms with Gasteiger partial charge < -0.3 is 19.3 Å². The predicted octanol–water partition coefficient (Wildman–Crippen LogP) is 2.99. The van der Waals surface area contributed by atoms with Gasteiger partial charge in [0, 0.05) is 33.3 Å². The summed E-state index contributed by atoms with van der Waals surface area (Å²) in [7, 11) is 1.78. The van der Waals surface area contributed by atoms with E-state index in [4.69, 9.17) is 9.47 Å². The third kappa shape index (κ3) is 5.98. The van der Waals surface area contributed by atoms with Crippen molar-refractivity contribution in [3.63, 3.8) is 0 Å². The van der Waals surface area contributed by atoms with Crippen molar-refractivity contribution in [2.45, 2.75) is 38.5 Å². The highest BCUT2D eigenvalue weighted by atomic mass is 16.5. The van der Waals surface area contributed by atoms with Crippen molar-refractivity contribution in [1.82, 2.24) is 9.80 Å². The molecule has 0 N–H and O–H groups in total. The number of methoxy groups -OCH3 is 1. The summed E-state index contributed by atoms with van der Waals surface area (Å²) in [5, 5.41) is 0. The Hall–Kier alpha value is -1.10. The van der Waals surface area contributed by atoms with Crippen LogP contribution in [0, 0.1) is 0 Å². The largest absolute Gasteiger partial charge is 0.494 e. The van der Waals surface area contributed by atoms with Crippen molar-refractivity contribution in [2.75, 3.05) is 59.6 Å². The molecule has 3 rings (SSSR count). The summed E-state index contributed by atoms with van der Waals surface area (Å²) in [6, 6.07) is 6.70. The Kier molecular flexibility index (Phi) is 7.58. The summed E-state index contributed by atoms with van der Waals surface area (Å²) < 4.78 is 11.3. The Labute approximate surface area is 153 Å². The van der Waals surface area contributed by atoms with Crippen molar-refractivity contribution in [1.29, 1.82) is 0 Å². The number of benzene rings is 1. The Bertz CT molecular complexity index is 515. The van der Waals surface area contributed by atoms with Crippen LogP contribution >= 0.6 is 0 Å². The average Bonchev–Trinajstić information content (AvgIpc) is 2.86. The van der Waals surface area contributed by atoms with Crippen LogP contribution in [0.2, 0.25) is 0 Å². The minimum Gasteiger partial charge on any atom is -0.494 e. The van der Waals surface area contributed by atoms with Crippen molar-refractivity contribution in [3.8, 4) is 5.75 Å². The zero-order valence-corrected chi connectivity index (χ0v) is 15.8. The summed E-state index contributed by atoms with van der Waals surface area (Å²) in [5.41, 5.74) is 2.95. The molecule has 0 aliphatic carbocycles. The van der Waals surface area contributed by atoms with Crippen molar-refractivity contribution in [2.24, 2.45) is 0 Å². The number of fused-ring (bicyclic) bond motifs is 1. The third-order valence-electron chi connectivity index (χ3n) is 5.52. The summed E-state index contributed by atoms with van der Waals surface area (Å²) in [4.78, 5) is 5.08. The van der Waals surface area contributed by atoms with E-state index in [2.05, 4.69) is 28.0 Å². The lowest BCUT2D eigenvalue weighted by Gasteiger charge is -2.26. The fraction of sp³-hybridized carbons (Fsp3) is 0.714. The first-order chi connectivity index (χ1) is 12.3.